The minimum atomic E-state index is -5.68. The number of hydrogen-bond acceptors (Lipinski definition) is 8. The van der Waals surface area contributed by atoms with Crippen molar-refractivity contribution in [1.29, 1.82) is 5.26 Å². The van der Waals surface area contributed by atoms with Gasteiger partial charge in [0.25, 0.3) is 0 Å². The Morgan fingerprint density at radius 2 is 1.17 bits per heavy atom. The summed E-state index contributed by atoms with van der Waals surface area (Å²) in [4.78, 5) is 37.3. The van der Waals surface area contributed by atoms with Gasteiger partial charge in [-0.1, -0.05) is 0 Å². The Morgan fingerprint density at radius 1 is 1.00 bits per heavy atom. The van der Waals surface area contributed by atoms with Crippen molar-refractivity contribution < 1.29 is 50.1 Å². The second-order valence-electron chi connectivity index (χ2n) is 0.976. The molecule has 0 unspecified atom stereocenters. The molecule has 0 N–H and O–H groups in total. The largest absolute Gasteiger partial charge is 1.00 e. The van der Waals surface area contributed by atoms with E-state index in [1.165, 1.54) is 0 Å². The van der Waals surface area contributed by atoms with Crippen LogP contribution in [0.3, 0.4) is 0 Å². The molecule has 0 radical (unpaired) electrons. The van der Waals surface area contributed by atoms with Crippen LogP contribution in [0, 0.1) is 11.8 Å². The van der Waals surface area contributed by atoms with Gasteiger partial charge in [-0.25, -0.2) is 0 Å². The summed E-state index contributed by atoms with van der Waals surface area (Å²) in [7, 11) is -11.4. The molecule has 0 bridgehead atoms. The second-order valence-corrected chi connectivity index (χ2v) is 3.42. The van der Waals surface area contributed by atoms with Crippen LogP contribution in [0.5, 0.6) is 0 Å². The molecule has 12 heavy (non-hydrogen) atoms. The van der Waals surface area contributed by atoms with Crippen LogP contribution < -0.4 is 19.6 Å². The van der Waals surface area contributed by atoms with Crippen LogP contribution in [-0.2, 0) is 30.5 Å². The van der Waals surface area contributed by atoms with Gasteiger partial charge >= 0.3 is 17.1 Å². The van der Waals surface area contributed by atoms with E-state index in [0.717, 1.165) is 0 Å². The molecule has 0 aromatic carbocycles. The molecule has 0 saturated heterocycles. The van der Waals surface area contributed by atoms with E-state index < -0.39 is 15.6 Å². The zero-order chi connectivity index (χ0) is 9.71. The van der Waals surface area contributed by atoms with Crippen molar-refractivity contribution in [3.8, 4) is 0 Å². The van der Waals surface area contributed by atoms with Gasteiger partial charge in [-0.05, 0) is 0 Å². The molecule has 0 fully saturated rings. The van der Waals surface area contributed by atoms with Crippen molar-refractivity contribution in [1.82, 2.24) is 0 Å². The van der Waals surface area contributed by atoms with Crippen molar-refractivity contribution in [2.75, 3.05) is 0 Å². The van der Waals surface area contributed by atoms with E-state index in [4.69, 9.17) is 11.8 Å². The molecule has 0 rings (SSSR count). The first-order chi connectivity index (χ1) is 4.71. The van der Waals surface area contributed by atoms with E-state index in [1.54, 1.807) is 0 Å². The first-order valence-corrected chi connectivity index (χ1v) is 4.61. The minimum Gasteiger partial charge on any atom is -0.790 e. The van der Waals surface area contributed by atoms with Crippen LogP contribution in [0.1, 0.15) is 0 Å². The second kappa shape index (κ2) is 6.75. The number of phosphoric acid groups is 2. The van der Waals surface area contributed by atoms with Gasteiger partial charge in [0.1, 0.15) is 0 Å². The van der Waals surface area contributed by atoms with Crippen molar-refractivity contribution in [2.24, 2.45) is 0 Å². The standard InChI is InChI=1S/CN.Cu.H4O7P2/c1-2;;1-8(2,3)7-9(4,5)6/h;;(H2,1,2,3)(H2,4,5,6)/q-1;+1;/p-4. The predicted octanol–water partition coefficient (Wildman–Crippen LogP) is -3.25. The third kappa shape index (κ3) is 22.4. The van der Waals surface area contributed by atoms with Crippen molar-refractivity contribution in [3.63, 3.8) is 0 Å². The number of nitrogens with zero attached hydrogens (tertiary/aromatic N) is 1. The van der Waals surface area contributed by atoms with Crippen LogP contribution in [0.4, 0.5) is 0 Å². The van der Waals surface area contributed by atoms with Crippen molar-refractivity contribution >= 4 is 15.6 Å². The SMILES string of the molecule is O=P([O-])([O-])OP(=O)([O-])[O-].[C-]#N.[Cu+]. The fourth-order valence-corrected chi connectivity index (χ4v) is 1.10. The quantitative estimate of drug-likeness (QED) is 0.285. The molecular formula is CCuNO7P2-4. The van der Waals surface area contributed by atoms with E-state index in [9.17, 15) is 28.7 Å². The van der Waals surface area contributed by atoms with Crippen molar-refractivity contribution in [3.05, 3.63) is 6.57 Å². The van der Waals surface area contributed by atoms with Crippen LogP contribution in [0.25, 0.3) is 0 Å². The summed E-state index contributed by atoms with van der Waals surface area (Å²) >= 11 is 0. The van der Waals surface area contributed by atoms with E-state index in [1.807, 2.05) is 0 Å². The zero-order valence-electron chi connectivity index (χ0n) is 5.00. The van der Waals surface area contributed by atoms with Gasteiger partial charge in [0.2, 0.25) is 0 Å². The summed E-state index contributed by atoms with van der Waals surface area (Å²) in [5.41, 5.74) is 0. The maximum absolute atomic E-state index is 9.32. The van der Waals surface area contributed by atoms with Gasteiger partial charge in [-0.15, -0.1) is 0 Å². The number of rotatable bonds is 2. The molecule has 0 aromatic heterocycles. The zero-order valence-corrected chi connectivity index (χ0v) is 7.73. The van der Waals surface area contributed by atoms with Crippen LogP contribution in [-0.4, -0.2) is 0 Å². The fourth-order valence-electron chi connectivity index (χ4n) is 0.122. The molecule has 0 heterocycles. The average molecular weight is 264 g/mol. The Balaban J connectivity index is -0.000000249. The summed E-state index contributed by atoms with van der Waals surface area (Å²) in [6.07, 6.45) is 0. The predicted molar refractivity (Wildman–Crippen MR) is 21.3 cm³/mol. The normalized spacial score (nSPS) is 10.5. The molecular weight excluding hydrogens is 264 g/mol. The van der Waals surface area contributed by atoms with Crippen molar-refractivity contribution in [2.45, 2.75) is 0 Å². The Hall–Kier alpha value is 0.269. The molecule has 0 aliphatic carbocycles. The van der Waals surface area contributed by atoms with Gasteiger partial charge in [0.15, 0.2) is 0 Å². The number of hydrogen-bond donors (Lipinski definition) is 0. The van der Waals surface area contributed by atoms with E-state index in [-0.39, 0.29) is 17.1 Å². The first kappa shape index (κ1) is 18.1. The van der Waals surface area contributed by atoms with E-state index in [0.29, 0.717) is 0 Å². The summed E-state index contributed by atoms with van der Waals surface area (Å²) in [6, 6.07) is 0. The molecule has 0 aliphatic heterocycles. The maximum Gasteiger partial charge on any atom is 1.00 e. The third-order valence-corrected chi connectivity index (χ3v) is 1.80. The van der Waals surface area contributed by atoms with Gasteiger partial charge in [0.05, 0.1) is 15.6 Å². The summed E-state index contributed by atoms with van der Waals surface area (Å²) in [5.74, 6) is 0. The summed E-state index contributed by atoms with van der Waals surface area (Å²) in [5, 5.41) is 6.25. The van der Waals surface area contributed by atoms with Crippen LogP contribution in [0.15, 0.2) is 0 Å². The van der Waals surface area contributed by atoms with Gasteiger partial charge in [-0.2, -0.15) is 0 Å². The summed E-state index contributed by atoms with van der Waals surface area (Å²) < 4.78 is 21.2. The third-order valence-electron chi connectivity index (χ3n) is 0.200. The molecule has 8 nitrogen and oxygen atoms in total. The average Bonchev–Trinajstić information content (AvgIpc) is 1.60. The molecule has 0 amide bonds. The monoisotopic (exact) mass is 263 g/mol. The minimum absolute atomic E-state index is 0. The molecule has 0 aliphatic rings. The van der Waals surface area contributed by atoms with Crippen LogP contribution >= 0.6 is 15.6 Å². The Labute approximate surface area is 78.1 Å². The Morgan fingerprint density at radius 3 is 1.17 bits per heavy atom. The fraction of sp³-hybridized carbons (Fsp3) is 0. The van der Waals surface area contributed by atoms with E-state index in [2.05, 4.69) is 4.31 Å². The Kier molecular flexibility index (Phi) is 10.2. The molecule has 76 valence electrons. The first-order valence-electron chi connectivity index (χ1n) is 1.68. The maximum atomic E-state index is 9.32. The van der Waals surface area contributed by atoms with Crippen LogP contribution in [0.2, 0.25) is 0 Å². The van der Waals surface area contributed by atoms with Gasteiger partial charge < -0.3 is 44.8 Å². The molecule has 0 spiro atoms. The van der Waals surface area contributed by atoms with Gasteiger partial charge in [-0.3, -0.25) is 0 Å². The molecule has 0 saturated carbocycles. The van der Waals surface area contributed by atoms with E-state index >= 15 is 0 Å². The Bertz CT molecular complexity index is 193. The topological polar surface area (TPSA) is 159 Å². The van der Waals surface area contributed by atoms with Gasteiger partial charge in [0, 0.05) is 0 Å². The molecule has 11 heteroatoms. The molecule has 0 aromatic rings. The smallest absolute Gasteiger partial charge is 0.790 e. The summed E-state index contributed by atoms with van der Waals surface area (Å²) in [6.45, 7) is 4.75. The molecule has 0 atom stereocenters.